The van der Waals surface area contributed by atoms with Gasteiger partial charge in [0.1, 0.15) is 6.04 Å². The lowest BCUT2D eigenvalue weighted by Crippen LogP contribution is -2.42. The van der Waals surface area contributed by atoms with Crippen molar-refractivity contribution in [1.82, 2.24) is 24.6 Å². The molecule has 1 saturated heterocycles. The van der Waals surface area contributed by atoms with Gasteiger partial charge in [0.25, 0.3) is 0 Å². The van der Waals surface area contributed by atoms with Crippen LogP contribution < -0.4 is 0 Å². The molecule has 3 rings (SSSR count). The molecule has 7 heteroatoms. The smallest absolute Gasteiger partial charge is 0.245 e. The highest BCUT2D eigenvalue weighted by atomic mass is 16.5. The van der Waals surface area contributed by atoms with Crippen molar-refractivity contribution in [3.05, 3.63) is 30.4 Å². The number of imidazole rings is 1. The zero-order chi connectivity index (χ0) is 14.8. The van der Waals surface area contributed by atoms with Crippen molar-refractivity contribution in [2.75, 3.05) is 13.1 Å². The highest BCUT2D eigenvalue weighted by Crippen LogP contribution is 2.27. The van der Waals surface area contributed by atoms with Gasteiger partial charge in [-0.1, -0.05) is 5.16 Å². The Bertz CT molecular complexity index is 607. The highest BCUT2D eigenvalue weighted by Gasteiger charge is 2.30. The molecule has 0 spiro atoms. The third-order valence-corrected chi connectivity index (χ3v) is 3.96. The summed E-state index contributed by atoms with van der Waals surface area (Å²) in [6, 6.07) is -0.240. The molecule has 0 bridgehead atoms. The summed E-state index contributed by atoms with van der Waals surface area (Å²) in [7, 11) is 0. The van der Waals surface area contributed by atoms with Gasteiger partial charge in [-0.05, 0) is 26.7 Å². The molecule has 2 atom stereocenters. The standard InChI is InChI=1S/C14H19N5O2/c1-10(19-7-5-15-9-19)14(20)18-6-3-4-12(8-18)13-16-11(2)17-21-13/h5,7,9-10,12H,3-4,6,8H2,1-2H3. The number of hydrogen-bond acceptors (Lipinski definition) is 5. The van der Waals surface area contributed by atoms with Crippen molar-refractivity contribution in [2.24, 2.45) is 0 Å². The fourth-order valence-corrected chi connectivity index (χ4v) is 2.75. The Hall–Kier alpha value is -2.18. The molecule has 2 unspecified atom stereocenters. The van der Waals surface area contributed by atoms with E-state index < -0.39 is 0 Å². The number of nitrogens with zero attached hydrogens (tertiary/aromatic N) is 5. The molecule has 1 amide bonds. The van der Waals surface area contributed by atoms with Crippen molar-refractivity contribution in [2.45, 2.75) is 38.6 Å². The number of piperidine rings is 1. The minimum atomic E-state index is -0.240. The van der Waals surface area contributed by atoms with Crippen molar-refractivity contribution < 1.29 is 9.32 Å². The summed E-state index contributed by atoms with van der Waals surface area (Å²) in [5, 5.41) is 3.84. The van der Waals surface area contributed by atoms with Crippen molar-refractivity contribution in [3.63, 3.8) is 0 Å². The first-order chi connectivity index (χ1) is 10.1. The van der Waals surface area contributed by atoms with Crippen LogP contribution in [0.4, 0.5) is 0 Å². The van der Waals surface area contributed by atoms with Gasteiger partial charge >= 0.3 is 0 Å². The first-order valence-corrected chi connectivity index (χ1v) is 7.21. The van der Waals surface area contributed by atoms with Gasteiger partial charge in [-0.2, -0.15) is 4.98 Å². The predicted molar refractivity (Wildman–Crippen MR) is 74.5 cm³/mol. The summed E-state index contributed by atoms with van der Waals surface area (Å²) in [5.41, 5.74) is 0. The minimum Gasteiger partial charge on any atom is -0.340 e. The van der Waals surface area contributed by atoms with Crippen LogP contribution in [-0.2, 0) is 4.79 Å². The average Bonchev–Trinajstić information content (AvgIpc) is 3.17. The normalized spacial score (nSPS) is 20.5. The van der Waals surface area contributed by atoms with E-state index in [-0.39, 0.29) is 17.9 Å². The molecule has 0 N–H and O–H groups in total. The van der Waals surface area contributed by atoms with E-state index in [2.05, 4.69) is 15.1 Å². The third kappa shape index (κ3) is 2.81. The van der Waals surface area contributed by atoms with Crippen LogP contribution in [0, 0.1) is 6.92 Å². The Balaban J connectivity index is 1.69. The van der Waals surface area contributed by atoms with Crippen LogP contribution in [-0.4, -0.2) is 43.6 Å². The third-order valence-electron chi connectivity index (χ3n) is 3.96. The first kappa shape index (κ1) is 13.8. The summed E-state index contributed by atoms with van der Waals surface area (Å²) < 4.78 is 7.07. The van der Waals surface area contributed by atoms with Crippen LogP contribution in [0.3, 0.4) is 0 Å². The summed E-state index contributed by atoms with van der Waals surface area (Å²) in [4.78, 5) is 22.8. The van der Waals surface area contributed by atoms with E-state index in [1.54, 1.807) is 19.4 Å². The van der Waals surface area contributed by atoms with Gasteiger partial charge in [-0.25, -0.2) is 4.98 Å². The topological polar surface area (TPSA) is 77.0 Å². The first-order valence-electron chi connectivity index (χ1n) is 7.21. The molecule has 1 aliphatic rings. The van der Waals surface area contributed by atoms with Gasteiger partial charge in [-0.3, -0.25) is 4.79 Å². The number of aryl methyl sites for hydroxylation is 1. The van der Waals surface area contributed by atoms with Gasteiger partial charge in [0.05, 0.1) is 12.2 Å². The van der Waals surface area contributed by atoms with Crippen LogP contribution in [0.2, 0.25) is 0 Å². The second-order valence-electron chi connectivity index (χ2n) is 5.49. The van der Waals surface area contributed by atoms with E-state index in [1.807, 2.05) is 22.6 Å². The number of hydrogen-bond donors (Lipinski definition) is 0. The van der Waals surface area contributed by atoms with E-state index >= 15 is 0 Å². The molecular formula is C14H19N5O2. The summed E-state index contributed by atoms with van der Waals surface area (Å²) >= 11 is 0. The molecule has 112 valence electrons. The number of amides is 1. The van der Waals surface area contributed by atoms with Crippen LogP contribution in [0.25, 0.3) is 0 Å². The molecule has 0 aromatic carbocycles. The van der Waals surface area contributed by atoms with E-state index in [0.717, 1.165) is 19.4 Å². The Labute approximate surface area is 123 Å². The number of carbonyl (C=O) groups excluding carboxylic acids is 1. The molecule has 3 heterocycles. The fourth-order valence-electron chi connectivity index (χ4n) is 2.75. The monoisotopic (exact) mass is 289 g/mol. The van der Waals surface area contributed by atoms with Crippen LogP contribution in [0.5, 0.6) is 0 Å². The zero-order valence-electron chi connectivity index (χ0n) is 12.3. The zero-order valence-corrected chi connectivity index (χ0v) is 12.3. The maximum absolute atomic E-state index is 12.6. The quantitative estimate of drug-likeness (QED) is 0.856. The highest BCUT2D eigenvalue weighted by molar-refractivity contribution is 5.80. The lowest BCUT2D eigenvalue weighted by molar-refractivity contribution is -0.135. The molecule has 1 aliphatic heterocycles. The molecular weight excluding hydrogens is 270 g/mol. The molecule has 21 heavy (non-hydrogen) atoms. The fraction of sp³-hybridized carbons (Fsp3) is 0.571. The second kappa shape index (κ2) is 5.67. The largest absolute Gasteiger partial charge is 0.340 e. The Kier molecular flexibility index (Phi) is 3.72. The molecule has 0 radical (unpaired) electrons. The summed E-state index contributed by atoms with van der Waals surface area (Å²) in [6.07, 6.45) is 7.10. The molecule has 0 saturated carbocycles. The Morgan fingerprint density at radius 2 is 2.38 bits per heavy atom. The van der Waals surface area contributed by atoms with E-state index in [4.69, 9.17) is 4.52 Å². The number of aromatic nitrogens is 4. The summed E-state index contributed by atoms with van der Waals surface area (Å²) in [6.45, 7) is 5.12. The van der Waals surface area contributed by atoms with Gasteiger partial charge < -0.3 is 14.0 Å². The van der Waals surface area contributed by atoms with Crippen molar-refractivity contribution in [1.29, 1.82) is 0 Å². The average molecular weight is 289 g/mol. The van der Waals surface area contributed by atoms with Crippen molar-refractivity contribution in [3.8, 4) is 0 Å². The molecule has 1 fully saturated rings. The molecule has 2 aromatic rings. The second-order valence-corrected chi connectivity index (χ2v) is 5.49. The van der Waals surface area contributed by atoms with Crippen molar-refractivity contribution >= 4 is 5.91 Å². The SMILES string of the molecule is Cc1noc(C2CCCN(C(=O)C(C)n3ccnc3)C2)n1. The number of carbonyl (C=O) groups is 1. The molecule has 2 aromatic heterocycles. The number of rotatable bonds is 3. The van der Waals surface area contributed by atoms with Crippen LogP contribution in [0.15, 0.2) is 23.2 Å². The van der Waals surface area contributed by atoms with E-state index in [9.17, 15) is 4.79 Å². The molecule has 7 nitrogen and oxygen atoms in total. The maximum atomic E-state index is 12.6. The van der Waals surface area contributed by atoms with Gasteiger partial charge in [0, 0.05) is 25.5 Å². The lowest BCUT2D eigenvalue weighted by atomic mass is 9.97. The Morgan fingerprint density at radius 3 is 3.05 bits per heavy atom. The van der Waals surface area contributed by atoms with Gasteiger partial charge in [0.2, 0.25) is 11.8 Å². The maximum Gasteiger partial charge on any atom is 0.245 e. The minimum absolute atomic E-state index is 0.105. The van der Waals surface area contributed by atoms with Crippen LogP contribution in [0.1, 0.15) is 43.4 Å². The molecule has 0 aliphatic carbocycles. The van der Waals surface area contributed by atoms with Gasteiger partial charge in [-0.15, -0.1) is 0 Å². The number of likely N-dealkylation sites (tertiary alicyclic amines) is 1. The lowest BCUT2D eigenvalue weighted by Gasteiger charge is -2.33. The predicted octanol–water partition coefficient (Wildman–Crippen LogP) is 1.54. The Morgan fingerprint density at radius 1 is 1.52 bits per heavy atom. The van der Waals surface area contributed by atoms with E-state index in [1.165, 1.54) is 0 Å². The van der Waals surface area contributed by atoms with E-state index in [0.29, 0.717) is 18.3 Å². The summed E-state index contributed by atoms with van der Waals surface area (Å²) in [5.74, 6) is 1.52. The van der Waals surface area contributed by atoms with Crippen LogP contribution >= 0.6 is 0 Å². The van der Waals surface area contributed by atoms with Gasteiger partial charge in [0.15, 0.2) is 5.82 Å².